The Kier molecular flexibility index (Phi) is 4.87. The summed E-state index contributed by atoms with van der Waals surface area (Å²) in [5.41, 5.74) is 8.25. The Morgan fingerprint density at radius 2 is 1.89 bits per heavy atom. The predicted octanol–water partition coefficient (Wildman–Crippen LogP) is 3.94. The Balaban J connectivity index is 2.18. The van der Waals surface area contributed by atoms with Crippen LogP contribution in [0, 0.1) is 5.92 Å². The zero-order valence-corrected chi connectivity index (χ0v) is 12.6. The van der Waals surface area contributed by atoms with Gasteiger partial charge in [-0.1, -0.05) is 31.9 Å². The van der Waals surface area contributed by atoms with Crippen molar-refractivity contribution in [2.45, 2.75) is 65.1 Å². The lowest BCUT2D eigenvalue weighted by molar-refractivity contribution is 0.320. The van der Waals surface area contributed by atoms with Crippen molar-refractivity contribution in [2.75, 3.05) is 4.90 Å². The van der Waals surface area contributed by atoms with Crippen LogP contribution in [0.1, 0.15) is 52.0 Å². The van der Waals surface area contributed by atoms with E-state index in [1.807, 2.05) is 0 Å². The summed E-state index contributed by atoms with van der Waals surface area (Å²) in [7, 11) is 0. The molecule has 0 aliphatic heterocycles. The average molecular weight is 260 g/mol. The molecule has 2 rings (SSSR count). The summed E-state index contributed by atoms with van der Waals surface area (Å²) in [5, 5.41) is 0. The van der Waals surface area contributed by atoms with Crippen molar-refractivity contribution in [3.8, 4) is 0 Å². The molecule has 0 saturated heterocycles. The van der Waals surface area contributed by atoms with Crippen molar-refractivity contribution >= 4 is 5.69 Å². The van der Waals surface area contributed by atoms with Crippen molar-refractivity contribution in [3.05, 3.63) is 29.8 Å². The van der Waals surface area contributed by atoms with Gasteiger partial charge in [-0.05, 0) is 50.3 Å². The summed E-state index contributed by atoms with van der Waals surface area (Å²) < 4.78 is 0. The highest BCUT2D eigenvalue weighted by atomic mass is 15.2. The van der Waals surface area contributed by atoms with Crippen molar-refractivity contribution in [3.63, 3.8) is 0 Å². The van der Waals surface area contributed by atoms with E-state index in [0.717, 1.165) is 5.92 Å². The van der Waals surface area contributed by atoms with Gasteiger partial charge < -0.3 is 10.6 Å². The molecule has 1 aliphatic rings. The Morgan fingerprint density at radius 1 is 1.21 bits per heavy atom. The van der Waals surface area contributed by atoms with Crippen LogP contribution in [0.4, 0.5) is 5.69 Å². The van der Waals surface area contributed by atoms with E-state index in [0.29, 0.717) is 18.6 Å². The van der Waals surface area contributed by atoms with E-state index in [4.69, 9.17) is 5.73 Å². The molecule has 106 valence electrons. The smallest absolute Gasteiger partial charge is 0.0371 e. The highest BCUT2D eigenvalue weighted by Crippen LogP contribution is 2.32. The summed E-state index contributed by atoms with van der Waals surface area (Å²) in [6, 6.07) is 10.1. The molecule has 0 radical (unpaired) electrons. The minimum Gasteiger partial charge on any atom is -0.366 e. The molecule has 1 fully saturated rings. The second kappa shape index (κ2) is 6.42. The fraction of sp³-hybridized carbons (Fsp3) is 0.647. The number of rotatable bonds is 4. The molecule has 0 bridgehead atoms. The van der Waals surface area contributed by atoms with Crippen LogP contribution in [0.25, 0.3) is 0 Å². The lowest BCUT2D eigenvalue weighted by Gasteiger charge is -2.41. The lowest BCUT2D eigenvalue weighted by atomic mass is 9.85. The van der Waals surface area contributed by atoms with E-state index in [9.17, 15) is 0 Å². The second-order valence-electron chi connectivity index (χ2n) is 6.30. The van der Waals surface area contributed by atoms with Gasteiger partial charge in [-0.3, -0.25) is 0 Å². The normalized spacial score (nSPS) is 23.6. The molecule has 2 unspecified atom stereocenters. The SMILES string of the molecule is CC1CCCC(N(c2ccc(CN)cc2)C(C)C)C1. The minimum atomic E-state index is 0.555. The Labute approximate surface area is 118 Å². The summed E-state index contributed by atoms with van der Waals surface area (Å²) in [4.78, 5) is 2.61. The summed E-state index contributed by atoms with van der Waals surface area (Å²) in [5.74, 6) is 0.864. The third-order valence-corrected chi connectivity index (χ3v) is 4.33. The van der Waals surface area contributed by atoms with Gasteiger partial charge in [0, 0.05) is 24.3 Å². The van der Waals surface area contributed by atoms with E-state index in [2.05, 4.69) is 49.9 Å². The third-order valence-electron chi connectivity index (χ3n) is 4.33. The maximum Gasteiger partial charge on any atom is 0.0371 e. The van der Waals surface area contributed by atoms with Crippen LogP contribution in [0.15, 0.2) is 24.3 Å². The molecular formula is C17H28N2. The number of nitrogens with two attached hydrogens (primary N) is 1. The van der Waals surface area contributed by atoms with Crippen LogP contribution in [0.3, 0.4) is 0 Å². The summed E-state index contributed by atoms with van der Waals surface area (Å²) in [6.45, 7) is 7.62. The molecule has 0 amide bonds. The Bertz CT molecular complexity index is 383. The molecule has 0 spiro atoms. The van der Waals surface area contributed by atoms with Crippen LogP contribution in [-0.4, -0.2) is 12.1 Å². The van der Waals surface area contributed by atoms with Gasteiger partial charge in [0.1, 0.15) is 0 Å². The van der Waals surface area contributed by atoms with E-state index >= 15 is 0 Å². The Hall–Kier alpha value is -1.02. The highest BCUT2D eigenvalue weighted by molar-refractivity contribution is 5.49. The van der Waals surface area contributed by atoms with Crippen LogP contribution in [0.5, 0.6) is 0 Å². The fourth-order valence-electron chi connectivity index (χ4n) is 3.39. The number of benzene rings is 1. The molecule has 1 saturated carbocycles. The molecule has 1 aromatic rings. The van der Waals surface area contributed by atoms with Crippen LogP contribution < -0.4 is 10.6 Å². The largest absolute Gasteiger partial charge is 0.366 e. The molecule has 0 heterocycles. The van der Waals surface area contributed by atoms with E-state index in [-0.39, 0.29) is 0 Å². The van der Waals surface area contributed by atoms with Gasteiger partial charge in [0.15, 0.2) is 0 Å². The van der Waals surface area contributed by atoms with Gasteiger partial charge in [-0.2, -0.15) is 0 Å². The van der Waals surface area contributed by atoms with Gasteiger partial charge in [0.05, 0.1) is 0 Å². The number of nitrogens with zero attached hydrogens (tertiary/aromatic N) is 1. The van der Waals surface area contributed by atoms with Crippen molar-refractivity contribution in [1.29, 1.82) is 0 Å². The summed E-state index contributed by atoms with van der Waals surface area (Å²) in [6.07, 6.45) is 5.43. The van der Waals surface area contributed by atoms with Gasteiger partial charge >= 0.3 is 0 Å². The predicted molar refractivity (Wildman–Crippen MR) is 83.4 cm³/mol. The van der Waals surface area contributed by atoms with Gasteiger partial charge in [0.2, 0.25) is 0 Å². The van der Waals surface area contributed by atoms with Crippen molar-refractivity contribution in [2.24, 2.45) is 11.7 Å². The standard InChI is InChI=1S/C17H28N2/c1-13(2)19(17-6-4-5-14(3)11-17)16-9-7-15(12-18)8-10-16/h7-10,13-14,17H,4-6,11-12,18H2,1-3H3. The topological polar surface area (TPSA) is 29.3 Å². The lowest BCUT2D eigenvalue weighted by Crippen LogP contribution is -2.43. The molecule has 2 N–H and O–H groups in total. The first-order valence-electron chi connectivity index (χ1n) is 7.69. The first-order valence-corrected chi connectivity index (χ1v) is 7.69. The molecular weight excluding hydrogens is 232 g/mol. The van der Waals surface area contributed by atoms with E-state index in [1.165, 1.54) is 36.9 Å². The maximum atomic E-state index is 5.68. The monoisotopic (exact) mass is 260 g/mol. The highest BCUT2D eigenvalue weighted by Gasteiger charge is 2.26. The first-order chi connectivity index (χ1) is 9.11. The zero-order chi connectivity index (χ0) is 13.8. The van der Waals surface area contributed by atoms with E-state index in [1.54, 1.807) is 0 Å². The molecule has 19 heavy (non-hydrogen) atoms. The molecule has 1 aliphatic carbocycles. The van der Waals surface area contributed by atoms with Gasteiger partial charge in [-0.25, -0.2) is 0 Å². The zero-order valence-electron chi connectivity index (χ0n) is 12.6. The molecule has 2 nitrogen and oxygen atoms in total. The number of anilines is 1. The van der Waals surface area contributed by atoms with Gasteiger partial charge in [-0.15, -0.1) is 0 Å². The quantitative estimate of drug-likeness (QED) is 0.888. The van der Waals surface area contributed by atoms with Crippen molar-refractivity contribution < 1.29 is 0 Å². The third kappa shape index (κ3) is 3.50. The van der Waals surface area contributed by atoms with Crippen LogP contribution >= 0.6 is 0 Å². The van der Waals surface area contributed by atoms with E-state index < -0.39 is 0 Å². The summed E-state index contributed by atoms with van der Waals surface area (Å²) >= 11 is 0. The molecule has 2 atom stereocenters. The average Bonchev–Trinajstić information content (AvgIpc) is 2.39. The fourth-order valence-corrected chi connectivity index (χ4v) is 3.39. The van der Waals surface area contributed by atoms with Crippen LogP contribution in [-0.2, 0) is 6.54 Å². The first kappa shape index (κ1) is 14.4. The molecule has 0 aromatic heterocycles. The maximum absolute atomic E-state index is 5.68. The molecule has 2 heteroatoms. The second-order valence-corrected chi connectivity index (χ2v) is 6.30. The van der Waals surface area contributed by atoms with Crippen molar-refractivity contribution in [1.82, 2.24) is 0 Å². The molecule has 1 aromatic carbocycles. The minimum absolute atomic E-state index is 0.555. The number of hydrogen-bond acceptors (Lipinski definition) is 2. The number of hydrogen-bond donors (Lipinski definition) is 1. The van der Waals surface area contributed by atoms with Gasteiger partial charge in [0.25, 0.3) is 0 Å². The Morgan fingerprint density at radius 3 is 2.42 bits per heavy atom. The van der Waals surface area contributed by atoms with Crippen LogP contribution in [0.2, 0.25) is 0 Å².